The molecule has 0 radical (unpaired) electrons. The van der Waals surface area contributed by atoms with Gasteiger partial charge >= 0.3 is 5.97 Å². The molecule has 3 aromatic rings. The van der Waals surface area contributed by atoms with Crippen LogP contribution >= 0.6 is 0 Å². The van der Waals surface area contributed by atoms with Gasteiger partial charge in [0.05, 0.1) is 31.2 Å². The largest absolute Gasteiger partial charge is 0.494 e. The molecule has 1 N–H and O–H groups in total. The summed E-state index contributed by atoms with van der Waals surface area (Å²) in [6, 6.07) is 11.6. The molecule has 0 saturated heterocycles. The second-order valence-electron chi connectivity index (χ2n) is 6.28. The fourth-order valence-corrected chi connectivity index (χ4v) is 2.61. The van der Waals surface area contributed by atoms with E-state index in [1.807, 2.05) is 13.8 Å². The lowest BCUT2D eigenvalue weighted by molar-refractivity contribution is 0.0728. The van der Waals surface area contributed by atoms with Gasteiger partial charge in [0.2, 0.25) is 0 Å². The molecule has 9 nitrogen and oxygen atoms in total. The number of hydrogen-bond acceptors (Lipinski definition) is 8. The number of carbonyl (C=O) groups excluding carboxylic acids is 2. The minimum Gasteiger partial charge on any atom is -0.494 e. The normalized spacial score (nSPS) is 10.6. The van der Waals surface area contributed by atoms with Crippen LogP contribution in [0.3, 0.4) is 0 Å². The Labute approximate surface area is 185 Å². The Morgan fingerprint density at radius 1 is 1.00 bits per heavy atom. The number of ether oxygens (including phenoxy) is 3. The number of benzene rings is 2. The summed E-state index contributed by atoms with van der Waals surface area (Å²) >= 11 is 0. The van der Waals surface area contributed by atoms with Crippen LogP contribution in [0.15, 0.2) is 66.2 Å². The zero-order chi connectivity index (χ0) is 22.8. The molecular formula is C23H22N4O5. The van der Waals surface area contributed by atoms with Gasteiger partial charge in [-0.15, -0.1) is 0 Å². The minimum atomic E-state index is -0.522. The number of carbonyl (C=O) groups is 2. The molecule has 2 aromatic carbocycles. The molecule has 0 aliphatic rings. The van der Waals surface area contributed by atoms with Crippen molar-refractivity contribution >= 4 is 18.1 Å². The number of aromatic nitrogens is 2. The maximum Gasteiger partial charge on any atom is 0.343 e. The van der Waals surface area contributed by atoms with Crippen molar-refractivity contribution in [3.05, 3.63) is 77.9 Å². The highest BCUT2D eigenvalue weighted by Crippen LogP contribution is 2.29. The van der Waals surface area contributed by atoms with Crippen LogP contribution in [0.1, 0.15) is 40.3 Å². The zero-order valence-corrected chi connectivity index (χ0v) is 17.6. The molecule has 1 amide bonds. The molecule has 0 unspecified atom stereocenters. The van der Waals surface area contributed by atoms with Gasteiger partial charge in [-0.2, -0.15) is 5.10 Å². The maximum absolute atomic E-state index is 12.5. The topological polar surface area (TPSA) is 112 Å². The van der Waals surface area contributed by atoms with Gasteiger partial charge in [-0.25, -0.2) is 15.2 Å². The van der Waals surface area contributed by atoms with Crippen LogP contribution in [0.5, 0.6) is 17.2 Å². The standard InChI is InChI=1S/C23H22N4O5/c1-3-30-18-8-6-17(7-9-18)23(29)32-20-10-5-16(13-21(20)31-4-2)14-26-27-22(28)19-15-24-11-12-25-19/h5-15H,3-4H2,1-2H3,(H,27,28)/b26-14+. The van der Waals surface area contributed by atoms with E-state index in [1.54, 1.807) is 42.5 Å². The molecule has 0 aliphatic carbocycles. The van der Waals surface area contributed by atoms with E-state index in [4.69, 9.17) is 14.2 Å². The summed E-state index contributed by atoms with van der Waals surface area (Å²) in [7, 11) is 0. The summed E-state index contributed by atoms with van der Waals surface area (Å²) in [5.41, 5.74) is 3.54. The first-order valence-corrected chi connectivity index (χ1v) is 9.92. The highest BCUT2D eigenvalue weighted by molar-refractivity contribution is 5.93. The molecule has 0 bridgehead atoms. The minimum absolute atomic E-state index is 0.149. The van der Waals surface area contributed by atoms with E-state index < -0.39 is 11.9 Å². The number of esters is 1. The van der Waals surface area contributed by atoms with Gasteiger partial charge in [-0.1, -0.05) is 0 Å². The zero-order valence-electron chi connectivity index (χ0n) is 17.6. The predicted octanol–water partition coefficient (Wildman–Crippen LogP) is 3.26. The summed E-state index contributed by atoms with van der Waals surface area (Å²) in [5.74, 6) is 0.309. The Morgan fingerprint density at radius 2 is 1.78 bits per heavy atom. The third-order valence-electron chi connectivity index (χ3n) is 4.05. The maximum atomic E-state index is 12.5. The van der Waals surface area contributed by atoms with Crippen LogP contribution in [-0.2, 0) is 0 Å². The quantitative estimate of drug-likeness (QED) is 0.238. The van der Waals surface area contributed by atoms with E-state index in [2.05, 4.69) is 20.5 Å². The van der Waals surface area contributed by atoms with Crippen molar-refractivity contribution in [2.24, 2.45) is 5.10 Å². The number of rotatable bonds is 9. The fourth-order valence-electron chi connectivity index (χ4n) is 2.61. The molecule has 164 valence electrons. The second kappa shape index (κ2) is 11.2. The number of hydrazone groups is 1. The highest BCUT2D eigenvalue weighted by Gasteiger charge is 2.13. The lowest BCUT2D eigenvalue weighted by atomic mass is 10.2. The van der Waals surface area contributed by atoms with Gasteiger partial charge < -0.3 is 14.2 Å². The fraction of sp³-hybridized carbons (Fsp3) is 0.174. The molecular weight excluding hydrogens is 412 g/mol. The average Bonchev–Trinajstić information content (AvgIpc) is 2.82. The van der Waals surface area contributed by atoms with E-state index >= 15 is 0 Å². The van der Waals surface area contributed by atoms with Gasteiger partial charge in [0.1, 0.15) is 11.4 Å². The Bertz CT molecular complexity index is 1090. The predicted molar refractivity (Wildman–Crippen MR) is 117 cm³/mol. The van der Waals surface area contributed by atoms with E-state index in [9.17, 15) is 9.59 Å². The average molecular weight is 434 g/mol. The van der Waals surface area contributed by atoms with Gasteiger partial charge in [0.25, 0.3) is 5.91 Å². The van der Waals surface area contributed by atoms with Crippen LogP contribution in [0.4, 0.5) is 0 Å². The molecule has 0 atom stereocenters. The van der Waals surface area contributed by atoms with Crippen molar-refractivity contribution in [1.82, 2.24) is 15.4 Å². The van der Waals surface area contributed by atoms with Crippen molar-refractivity contribution in [2.75, 3.05) is 13.2 Å². The Kier molecular flexibility index (Phi) is 7.85. The Hall–Kier alpha value is -4.27. The first-order valence-electron chi connectivity index (χ1n) is 9.92. The SMILES string of the molecule is CCOc1ccc(C(=O)Oc2ccc(/C=N/NC(=O)c3cnccn3)cc2OCC)cc1. The van der Waals surface area contributed by atoms with Crippen LogP contribution < -0.4 is 19.6 Å². The second-order valence-corrected chi connectivity index (χ2v) is 6.28. The van der Waals surface area contributed by atoms with E-state index in [-0.39, 0.29) is 11.4 Å². The Balaban J connectivity index is 1.68. The van der Waals surface area contributed by atoms with Crippen molar-refractivity contribution in [3.8, 4) is 17.2 Å². The molecule has 1 heterocycles. The summed E-state index contributed by atoms with van der Waals surface area (Å²) in [5, 5.41) is 3.91. The number of nitrogens with zero attached hydrogens (tertiary/aromatic N) is 3. The van der Waals surface area contributed by atoms with E-state index in [1.165, 1.54) is 24.8 Å². The molecule has 0 aliphatic heterocycles. The van der Waals surface area contributed by atoms with Crippen molar-refractivity contribution in [3.63, 3.8) is 0 Å². The van der Waals surface area contributed by atoms with Crippen LogP contribution in [0.25, 0.3) is 0 Å². The van der Waals surface area contributed by atoms with Crippen LogP contribution in [-0.4, -0.2) is 41.3 Å². The van der Waals surface area contributed by atoms with Crippen molar-refractivity contribution in [1.29, 1.82) is 0 Å². The summed E-state index contributed by atoms with van der Waals surface area (Å²) in [6.45, 7) is 4.62. The van der Waals surface area contributed by atoms with E-state index in [0.717, 1.165) is 0 Å². The van der Waals surface area contributed by atoms with Gasteiger partial charge in [0, 0.05) is 12.4 Å². The first kappa shape index (κ1) is 22.4. The third kappa shape index (κ3) is 6.11. The van der Waals surface area contributed by atoms with Crippen molar-refractivity contribution < 1.29 is 23.8 Å². The summed E-state index contributed by atoms with van der Waals surface area (Å²) < 4.78 is 16.5. The molecule has 0 saturated carbocycles. The molecule has 0 fully saturated rings. The summed E-state index contributed by atoms with van der Waals surface area (Å²) in [4.78, 5) is 32.2. The van der Waals surface area contributed by atoms with Crippen molar-refractivity contribution in [2.45, 2.75) is 13.8 Å². The monoisotopic (exact) mass is 434 g/mol. The lowest BCUT2D eigenvalue weighted by Gasteiger charge is -2.11. The molecule has 3 rings (SSSR count). The molecule has 9 heteroatoms. The highest BCUT2D eigenvalue weighted by atomic mass is 16.6. The number of nitrogens with one attached hydrogen (secondary N) is 1. The Morgan fingerprint density at radius 3 is 2.47 bits per heavy atom. The van der Waals surface area contributed by atoms with Gasteiger partial charge in [0.15, 0.2) is 11.5 Å². The van der Waals surface area contributed by atoms with Gasteiger partial charge in [-0.3, -0.25) is 9.78 Å². The molecule has 0 spiro atoms. The number of amides is 1. The molecule has 32 heavy (non-hydrogen) atoms. The van der Waals surface area contributed by atoms with Crippen LogP contribution in [0, 0.1) is 0 Å². The van der Waals surface area contributed by atoms with Crippen LogP contribution in [0.2, 0.25) is 0 Å². The van der Waals surface area contributed by atoms with Gasteiger partial charge in [-0.05, 0) is 61.9 Å². The third-order valence-corrected chi connectivity index (χ3v) is 4.05. The summed E-state index contributed by atoms with van der Waals surface area (Å²) in [6.07, 6.45) is 5.67. The lowest BCUT2D eigenvalue weighted by Crippen LogP contribution is -2.19. The first-order chi connectivity index (χ1) is 15.6. The molecule has 1 aromatic heterocycles. The smallest absolute Gasteiger partial charge is 0.343 e. The van der Waals surface area contributed by atoms with E-state index in [0.29, 0.717) is 35.8 Å². The number of hydrogen-bond donors (Lipinski definition) is 1.